The average molecular weight is 297 g/mol. The van der Waals surface area contributed by atoms with Crippen LogP contribution in [0.15, 0.2) is 42.5 Å². The minimum Gasteiger partial charge on any atom is -0.381 e. The standard InChI is InChI=1S/C16H15F4N/c1-2-11-4-3-5-14(8-11)21-10-12-6-7-13(17)9-15(12)16(18,19)20/h3-9,21H,2,10H2,1H3. The fourth-order valence-electron chi connectivity index (χ4n) is 2.07. The molecule has 0 heterocycles. The van der Waals surface area contributed by atoms with E-state index >= 15 is 0 Å². The van der Waals surface area contributed by atoms with Crippen LogP contribution >= 0.6 is 0 Å². The zero-order valence-corrected chi connectivity index (χ0v) is 11.5. The first-order valence-corrected chi connectivity index (χ1v) is 6.58. The smallest absolute Gasteiger partial charge is 0.381 e. The predicted molar refractivity (Wildman–Crippen MR) is 74.5 cm³/mol. The lowest BCUT2D eigenvalue weighted by Gasteiger charge is -2.14. The van der Waals surface area contributed by atoms with Crippen LogP contribution in [0.2, 0.25) is 0 Å². The fraction of sp³-hybridized carbons (Fsp3) is 0.250. The quantitative estimate of drug-likeness (QED) is 0.781. The predicted octanol–water partition coefficient (Wildman–Crippen LogP) is 5.02. The van der Waals surface area contributed by atoms with E-state index in [0.29, 0.717) is 6.07 Å². The van der Waals surface area contributed by atoms with E-state index in [2.05, 4.69) is 5.32 Å². The summed E-state index contributed by atoms with van der Waals surface area (Å²) in [5.74, 6) is -0.890. The van der Waals surface area contributed by atoms with Gasteiger partial charge in [-0.3, -0.25) is 0 Å². The lowest BCUT2D eigenvalue weighted by atomic mass is 10.1. The van der Waals surface area contributed by atoms with Gasteiger partial charge in [0.2, 0.25) is 0 Å². The van der Waals surface area contributed by atoms with Crippen LogP contribution in [-0.4, -0.2) is 0 Å². The second-order valence-corrected chi connectivity index (χ2v) is 4.71. The third kappa shape index (κ3) is 3.97. The van der Waals surface area contributed by atoms with Gasteiger partial charge in [-0.05, 0) is 41.8 Å². The maximum Gasteiger partial charge on any atom is 0.416 e. The van der Waals surface area contributed by atoms with Crippen molar-refractivity contribution in [3.8, 4) is 0 Å². The Labute approximate surface area is 120 Å². The first-order chi connectivity index (χ1) is 9.90. The van der Waals surface area contributed by atoms with E-state index in [4.69, 9.17) is 0 Å². The second-order valence-electron chi connectivity index (χ2n) is 4.71. The first kappa shape index (κ1) is 15.4. The highest BCUT2D eigenvalue weighted by atomic mass is 19.4. The Hall–Kier alpha value is -2.04. The molecule has 0 fully saturated rings. The van der Waals surface area contributed by atoms with Crippen molar-refractivity contribution >= 4 is 5.69 Å². The Morgan fingerprint density at radius 1 is 1.05 bits per heavy atom. The Morgan fingerprint density at radius 2 is 1.81 bits per heavy atom. The third-order valence-electron chi connectivity index (χ3n) is 3.20. The molecule has 0 aliphatic carbocycles. The van der Waals surface area contributed by atoms with E-state index in [9.17, 15) is 17.6 Å². The van der Waals surface area contributed by atoms with E-state index in [1.54, 1.807) is 6.07 Å². The van der Waals surface area contributed by atoms with Crippen molar-refractivity contribution in [1.82, 2.24) is 0 Å². The summed E-state index contributed by atoms with van der Waals surface area (Å²) < 4.78 is 51.7. The summed E-state index contributed by atoms with van der Waals surface area (Å²) >= 11 is 0. The lowest BCUT2D eigenvalue weighted by molar-refractivity contribution is -0.138. The lowest BCUT2D eigenvalue weighted by Crippen LogP contribution is -2.12. The van der Waals surface area contributed by atoms with Gasteiger partial charge in [0, 0.05) is 12.2 Å². The van der Waals surface area contributed by atoms with Gasteiger partial charge in [0.1, 0.15) is 5.82 Å². The highest BCUT2D eigenvalue weighted by molar-refractivity contribution is 5.47. The molecule has 0 amide bonds. The monoisotopic (exact) mass is 297 g/mol. The molecule has 0 saturated carbocycles. The zero-order valence-electron chi connectivity index (χ0n) is 11.5. The number of anilines is 1. The minimum atomic E-state index is -4.57. The van der Waals surface area contributed by atoms with Gasteiger partial charge in [0.25, 0.3) is 0 Å². The van der Waals surface area contributed by atoms with Crippen molar-refractivity contribution < 1.29 is 17.6 Å². The molecular formula is C16H15F4N. The van der Waals surface area contributed by atoms with Gasteiger partial charge in [-0.2, -0.15) is 13.2 Å². The van der Waals surface area contributed by atoms with E-state index < -0.39 is 17.6 Å². The molecule has 0 unspecified atom stereocenters. The number of halogens is 4. The molecule has 112 valence electrons. The Morgan fingerprint density at radius 3 is 2.48 bits per heavy atom. The molecule has 0 radical (unpaired) electrons. The van der Waals surface area contributed by atoms with Crippen molar-refractivity contribution in [3.05, 3.63) is 65.0 Å². The molecule has 0 atom stereocenters. The van der Waals surface area contributed by atoms with E-state index in [0.717, 1.165) is 29.8 Å². The topological polar surface area (TPSA) is 12.0 Å². The van der Waals surface area contributed by atoms with Crippen LogP contribution in [0.1, 0.15) is 23.6 Å². The number of hydrogen-bond donors (Lipinski definition) is 1. The Kier molecular flexibility index (Phi) is 4.50. The Bertz CT molecular complexity index is 620. The maximum absolute atomic E-state index is 13.0. The fourth-order valence-corrected chi connectivity index (χ4v) is 2.07. The normalized spacial score (nSPS) is 11.5. The second kappa shape index (κ2) is 6.16. The first-order valence-electron chi connectivity index (χ1n) is 6.58. The van der Waals surface area contributed by atoms with Crippen molar-refractivity contribution in [2.75, 3.05) is 5.32 Å². The van der Waals surface area contributed by atoms with E-state index in [1.807, 2.05) is 25.1 Å². The average Bonchev–Trinajstić information content (AvgIpc) is 2.45. The summed E-state index contributed by atoms with van der Waals surface area (Å²) in [6, 6.07) is 10.2. The van der Waals surface area contributed by atoms with Gasteiger partial charge >= 0.3 is 6.18 Å². The molecular weight excluding hydrogens is 282 g/mol. The summed E-state index contributed by atoms with van der Waals surface area (Å²) in [7, 11) is 0. The molecule has 2 aromatic carbocycles. The van der Waals surface area contributed by atoms with Gasteiger partial charge < -0.3 is 5.32 Å². The summed E-state index contributed by atoms with van der Waals surface area (Å²) in [5, 5.41) is 2.95. The number of benzene rings is 2. The van der Waals surface area contributed by atoms with Crippen LogP contribution in [-0.2, 0) is 19.1 Å². The highest BCUT2D eigenvalue weighted by Crippen LogP contribution is 2.32. The summed E-state index contributed by atoms with van der Waals surface area (Å²) in [4.78, 5) is 0. The molecule has 0 saturated heterocycles. The van der Waals surface area contributed by atoms with Gasteiger partial charge in [-0.15, -0.1) is 0 Å². The molecule has 0 bridgehead atoms. The molecule has 0 aliphatic heterocycles. The van der Waals surface area contributed by atoms with E-state index in [-0.39, 0.29) is 12.1 Å². The molecule has 21 heavy (non-hydrogen) atoms. The molecule has 1 N–H and O–H groups in total. The van der Waals surface area contributed by atoms with Crippen molar-refractivity contribution in [3.63, 3.8) is 0 Å². The van der Waals surface area contributed by atoms with Crippen LogP contribution in [0, 0.1) is 5.82 Å². The molecule has 5 heteroatoms. The van der Waals surface area contributed by atoms with Crippen LogP contribution in [0.25, 0.3) is 0 Å². The molecule has 0 aromatic heterocycles. The highest BCUT2D eigenvalue weighted by Gasteiger charge is 2.33. The summed E-state index contributed by atoms with van der Waals surface area (Å²) in [6.07, 6.45) is -3.72. The number of hydrogen-bond acceptors (Lipinski definition) is 1. The van der Waals surface area contributed by atoms with Crippen molar-refractivity contribution in [1.29, 1.82) is 0 Å². The van der Waals surface area contributed by atoms with Crippen molar-refractivity contribution in [2.45, 2.75) is 26.1 Å². The van der Waals surface area contributed by atoms with Crippen molar-refractivity contribution in [2.24, 2.45) is 0 Å². The number of aryl methyl sites for hydroxylation is 1. The Balaban J connectivity index is 2.20. The van der Waals surface area contributed by atoms with Crippen LogP contribution in [0.4, 0.5) is 23.2 Å². The summed E-state index contributed by atoms with van der Waals surface area (Å²) in [6.45, 7) is 1.99. The minimum absolute atomic E-state index is 0.0116. The van der Waals surface area contributed by atoms with Crippen LogP contribution in [0.5, 0.6) is 0 Å². The molecule has 1 nitrogen and oxygen atoms in total. The molecule has 0 aliphatic rings. The van der Waals surface area contributed by atoms with Gasteiger partial charge in [-0.1, -0.05) is 25.1 Å². The number of rotatable bonds is 4. The van der Waals surface area contributed by atoms with E-state index in [1.165, 1.54) is 0 Å². The van der Waals surface area contributed by atoms with Gasteiger partial charge in [0.05, 0.1) is 5.56 Å². The summed E-state index contributed by atoms with van der Waals surface area (Å²) in [5.41, 5.74) is 0.911. The van der Waals surface area contributed by atoms with Crippen LogP contribution in [0.3, 0.4) is 0 Å². The molecule has 2 aromatic rings. The number of alkyl halides is 3. The molecule has 2 rings (SSSR count). The zero-order chi connectivity index (χ0) is 15.5. The third-order valence-corrected chi connectivity index (χ3v) is 3.20. The largest absolute Gasteiger partial charge is 0.416 e. The van der Waals surface area contributed by atoms with Crippen LogP contribution < -0.4 is 5.32 Å². The SMILES string of the molecule is CCc1cccc(NCc2ccc(F)cc2C(F)(F)F)c1. The number of nitrogens with one attached hydrogen (secondary N) is 1. The molecule has 0 spiro atoms. The van der Waals surface area contributed by atoms with Gasteiger partial charge in [0.15, 0.2) is 0 Å². The maximum atomic E-state index is 13.0. The van der Waals surface area contributed by atoms with Gasteiger partial charge in [-0.25, -0.2) is 4.39 Å².